The van der Waals surface area contributed by atoms with Gasteiger partial charge in [0.1, 0.15) is 0 Å². The zero-order valence-electron chi connectivity index (χ0n) is 16.3. The molecule has 1 fully saturated rings. The van der Waals surface area contributed by atoms with Crippen molar-refractivity contribution >= 4 is 33.7 Å². The third-order valence-electron chi connectivity index (χ3n) is 5.45. The molecule has 0 radical (unpaired) electrons. The lowest BCUT2D eigenvalue weighted by Gasteiger charge is -2.32. The number of piperazine rings is 1. The molecule has 1 heterocycles. The number of hydrazone groups is 1. The van der Waals surface area contributed by atoms with Gasteiger partial charge >= 0.3 is 0 Å². The van der Waals surface area contributed by atoms with Crippen LogP contribution in [0.25, 0.3) is 21.5 Å². The van der Waals surface area contributed by atoms with Gasteiger partial charge in [-0.15, -0.1) is 0 Å². The molecule has 0 aromatic heterocycles. The van der Waals surface area contributed by atoms with Crippen molar-refractivity contribution in [1.29, 1.82) is 0 Å². The van der Waals surface area contributed by atoms with Crippen LogP contribution in [-0.4, -0.2) is 61.7 Å². The van der Waals surface area contributed by atoms with Crippen molar-refractivity contribution in [3.05, 3.63) is 60.2 Å². The van der Waals surface area contributed by atoms with Crippen molar-refractivity contribution in [1.82, 2.24) is 15.2 Å². The van der Waals surface area contributed by atoms with Crippen LogP contribution < -0.4 is 5.43 Å². The van der Waals surface area contributed by atoms with Gasteiger partial charge < -0.3 is 9.80 Å². The fourth-order valence-corrected chi connectivity index (χ4v) is 3.74. The largest absolute Gasteiger partial charge is 0.304 e. The van der Waals surface area contributed by atoms with Crippen molar-refractivity contribution in [3.8, 4) is 0 Å². The van der Waals surface area contributed by atoms with E-state index in [1.165, 1.54) is 10.8 Å². The Morgan fingerprint density at radius 3 is 2.25 bits per heavy atom. The summed E-state index contributed by atoms with van der Waals surface area (Å²) < 4.78 is 0. The summed E-state index contributed by atoms with van der Waals surface area (Å²) in [7, 11) is 2.13. The molecule has 3 aromatic rings. The molecular formula is C23H26N4O. The summed E-state index contributed by atoms with van der Waals surface area (Å²) >= 11 is 0. The van der Waals surface area contributed by atoms with Gasteiger partial charge in [0.25, 0.3) is 0 Å². The van der Waals surface area contributed by atoms with Crippen molar-refractivity contribution in [2.24, 2.45) is 5.10 Å². The summed E-state index contributed by atoms with van der Waals surface area (Å²) in [6, 6.07) is 18.7. The van der Waals surface area contributed by atoms with E-state index in [0.29, 0.717) is 6.42 Å². The number of hydrogen-bond acceptors (Lipinski definition) is 4. The van der Waals surface area contributed by atoms with Crippen molar-refractivity contribution < 1.29 is 4.79 Å². The topological polar surface area (TPSA) is 47.9 Å². The maximum absolute atomic E-state index is 12.2. The number of fused-ring (bicyclic) bond motifs is 2. The number of benzene rings is 3. The Labute approximate surface area is 165 Å². The van der Waals surface area contributed by atoms with Crippen LogP contribution >= 0.6 is 0 Å². The van der Waals surface area contributed by atoms with Crippen molar-refractivity contribution in [2.45, 2.75) is 6.42 Å². The lowest BCUT2D eigenvalue weighted by atomic mass is 9.97. The Hall–Kier alpha value is -2.76. The van der Waals surface area contributed by atoms with Gasteiger partial charge in [0.2, 0.25) is 5.91 Å². The highest BCUT2D eigenvalue weighted by Gasteiger charge is 2.14. The number of nitrogens with zero attached hydrogens (tertiary/aromatic N) is 3. The molecule has 5 nitrogen and oxygen atoms in total. The van der Waals surface area contributed by atoms with Crippen molar-refractivity contribution in [2.75, 3.05) is 39.8 Å². The van der Waals surface area contributed by atoms with Crippen LogP contribution in [0, 0.1) is 0 Å². The van der Waals surface area contributed by atoms with E-state index in [9.17, 15) is 4.79 Å². The summed E-state index contributed by atoms with van der Waals surface area (Å²) in [5, 5.41) is 8.88. The van der Waals surface area contributed by atoms with Crippen molar-refractivity contribution in [3.63, 3.8) is 0 Å². The minimum atomic E-state index is -0.0419. The van der Waals surface area contributed by atoms with Crippen LogP contribution in [0.2, 0.25) is 0 Å². The standard InChI is InChI=1S/C23H26N4O/c1-26-12-14-27(15-13-26)11-10-23(28)25-24-17-22-20-8-4-2-6-18(20)16-19-7-3-5-9-21(19)22/h2-9,16-17H,10-15H2,1H3,(H,25,28). The maximum atomic E-state index is 12.2. The predicted octanol–water partition coefficient (Wildman–Crippen LogP) is 3.08. The fraction of sp³-hybridized carbons (Fsp3) is 0.304. The Balaban J connectivity index is 1.45. The maximum Gasteiger partial charge on any atom is 0.241 e. The minimum Gasteiger partial charge on any atom is -0.304 e. The highest BCUT2D eigenvalue weighted by molar-refractivity contribution is 6.13. The molecule has 28 heavy (non-hydrogen) atoms. The molecule has 0 atom stereocenters. The lowest BCUT2D eigenvalue weighted by Crippen LogP contribution is -2.45. The molecule has 0 unspecified atom stereocenters. The zero-order chi connectivity index (χ0) is 19.3. The van der Waals surface area contributed by atoms with Gasteiger partial charge in [-0.1, -0.05) is 48.5 Å². The monoisotopic (exact) mass is 374 g/mol. The van der Waals surface area contributed by atoms with E-state index in [4.69, 9.17) is 0 Å². The minimum absolute atomic E-state index is 0.0419. The van der Waals surface area contributed by atoms with Gasteiger partial charge in [-0.3, -0.25) is 4.79 Å². The van der Waals surface area contributed by atoms with E-state index in [0.717, 1.165) is 49.1 Å². The number of hydrogen-bond donors (Lipinski definition) is 1. The van der Waals surface area contributed by atoms with E-state index < -0.39 is 0 Å². The quantitative estimate of drug-likeness (QED) is 0.424. The van der Waals surface area contributed by atoms with Crippen LogP contribution in [0.1, 0.15) is 12.0 Å². The first-order valence-electron chi connectivity index (χ1n) is 9.84. The van der Waals surface area contributed by atoms with Gasteiger partial charge in [-0.05, 0) is 34.7 Å². The second-order valence-electron chi connectivity index (χ2n) is 7.42. The molecule has 4 rings (SSSR count). The molecular weight excluding hydrogens is 348 g/mol. The van der Waals surface area contributed by atoms with E-state index in [1.807, 2.05) is 24.3 Å². The summed E-state index contributed by atoms with van der Waals surface area (Å²) in [6.07, 6.45) is 2.25. The number of carbonyl (C=O) groups is 1. The third kappa shape index (κ3) is 4.21. The van der Waals surface area contributed by atoms with E-state index in [1.54, 1.807) is 6.21 Å². The molecule has 1 amide bonds. The molecule has 0 aliphatic carbocycles. The van der Waals surface area contributed by atoms with E-state index >= 15 is 0 Å². The summed E-state index contributed by atoms with van der Waals surface area (Å²) in [6.45, 7) is 4.96. The molecule has 0 spiro atoms. The average molecular weight is 374 g/mol. The number of carbonyl (C=O) groups excluding carboxylic acids is 1. The molecule has 1 aliphatic heterocycles. The third-order valence-corrected chi connectivity index (χ3v) is 5.45. The molecule has 0 saturated carbocycles. The van der Waals surface area contributed by atoms with Crippen LogP contribution in [0.15, 0.2) is 59.7 Å². The van der Waals surface area contributed by atoms with Gasteiger partial charge in [0, 0.05) is 44.7 Å². The second-order valence-corrected chi connectivity index (χ2v) is 7.42. The lowest BCUT2D eigenvalue weighted by molar-refractivity contribution is -0.121. The molecule has 3 aromatic carbocycles. The molecule has 1 saturated heterocycles. The zero-order valence-corrected chi connectivity index (χ0v) is 16.3. The normalized spacial score (nSPS) is 16.2. The van der Waals surface area contributed by atoms with E-state index in [-0.39, 0.29) is 5.91 Å². The first-order chi connectivity index (χ1) is 13.7. The predicted molar refractivity (Wildman–Crippen MR) is 116 cm³/mol. The number of likely N-dealkylation sites (N-methyl/N-ethyl adjacent to an activating group) is 1. The second kappa shape index (κ2) is 8.50. The number of rotatable bonds is 5. The SMILES string of the molecule is CN1CCN(CCC(=O)NN=Cc2c3ccccc3cc3ccccc23)CC1. The van der Waals surface area contributed by atoms with E-state index in [2.05, 4.69) is 57.7 Å². The molecule has 5 heteroatoms. The number of amides is 1. The van der Waals surface area contributed by atoms with Crippen LogP contribution in [0.3, 0.4) is 0 Å². The Bertz CT molecular complexity index is 952. The van der Waals surface area contributed by atoms with Gasteiger partial charge in [0.15, 0.2) is 0 Å². The Kier molecular flexibility index (Phi) is 5.65. The van der Waals surface area contributed by atoms with Gasteiger partial charge in [-0.25, -0.2) is 5.43 Å². The molecule has 144 valence electrons. The summed E-state index contributed by atoms with van der Waals surface area (Å²) in [4.78, 5) is 16.9. The molecule has 1 aliphatic rings. The summed E-state index contributed by atoms with van der Waals surface area (Å²) in [5.41, 5.74) is 3.74. The van der Waals surface area contributed by atoms with Crippen LogP contribution in [0.5, 0.6) is 0 Å². The highest BCUT2D eigenvalue weighted by Crippen LogP contribution is 2.27. The Morgan fingerprint density at radius 2 is 1.61 bits per heavy atom. The molecule has 0 bridgehead atoms. The highest BCUT2D eigenvalue weighted by atomic mass is 16.2. The first-order valence-corrected chi connectivity index (χ1v) is 9.84. The Morgan fingerprint density at radius 1 is 1.00 bits per heavy atom. The molecule has 1 N–H and O–H groups in total. The van der Waals surface area contributed by atoms with Gasteiger partial charge in [0.05, 0.1) is 6.21 Å². The summed E-state index contributed by atoms with van der Waals surface area (Å²) in [5.74, 6) is -0.0419. The number of nitrogens with one attached hydrogen (secondary N) is 1. The average Bonchev–Trinajstić information content (AvgIpc) is 2.73. The first kappa shape index (κ1) is 18.6. The van der Waals surface area contributed by atoms with Gasteiger partial charge in [-0.2, -0.15) is 5.10 Å². The fourth-order valence-electron chi connectivity index (χ4n) is 3.74. The van der Waals surface area contributed by atoms with Crippen LogP contribution in [0.4, 0.5) is 0 Å². The smallest absolute Gasteiger partial charge is 0.241 e. The van der Waals surface area contributed by atoms with Crippen LogP contribution in [-0.2, 0) is 4.79 Å².